The van der Waals surface area contributed by atoms with Crippen LogP contribution in [0.5, 0.6) is 0 Å². The predicted molar refractivity (Wildman–Crippen MR) is 53.9 cm³/mol. The molecule has 0 aromatic heterocycles. The molecular formula is C9H19N3O. The Kier molecular flexibility index (Phi) is 7.24. The lowest BCUT2D eigenvalue weighted by Crippen LogP contribution is -2.44. The molecule has 0 aliphatic rings. The quantitative estimate of drug-likeness (QED) is 0.442. The Balaban J connectivity index is 3.90. The van der Waals surface area contributed by atoms with Gasteiger partial charge in [0.05, 0.1) is 0 Å². The minimum absolute atomic E-state index is 0.0474. The van der Waals surface area contributed by atoms with E-state index in [1.54, 1.807) is 11.1 Å². The molecule has 0 radical (unpaired) electrons. The van der Waals surface area contributed by atoms with Gasteiger partial charge in [-0.3, -0.25) is 9.80 Å². The standard InChI is InChI=1S/C9H19N3O/c1-3-7-11-12(8-4-2)9(13)5-6-10/h3,11H,1,4-8,10H2,2H3. The number of nitrogens with one attached hydrogen (secondary N) is 1. The van der Waals surface area contributed by atoms with Crippen molar-refractivity contribution in [2.45, 2.75) is 19.8 Å². The first kappa shape index (κ1) is 12.1. The van der Waals surface area contributed by atoms with Crippen LogP contribution in [0.1, 0.15) is 19.8 Å². The largest absolute Gasteiger partial charge is 0.330 e. The van der Waals surface area contributed by atoms with Crippen LogP contribution in [0.2, 0.25) is 0 Å². The van der Waals surface area contributed by atoms with Gasteiger partial charge in [-0.25, -0.2) is 5.43 Å². The molecule has 0 fully saturated rings. The molecule has 0 saturated heterocycles. The Morgan fingerprint density at radius 3 is 2.85 bits per heavy atom. The number of rotatable bonds is 7. The third-order valence-corrected chi connectivity index (χ3v) is 1.53. The first-order valence-electron chi connectivity index (χ1n) is 4.61. The van der Waals surface area contributed by atoms with Crippen molar-refractivity contribution in [1.82, 2.24) is 10.4 Å². The third-order valence-electron chi connectivity index (χ3n) is 1.53. The van der Waals surface area contributed by atoms with Gasteiger partial charge in [-0.1, -0.05) is 13.0 Å². The molecule has 4 nitrogen and oxygen atoms in total. The average Bonchev–Trinajstić information content (AvgIpc) is 2.12. The molecule has 0 aliphatic heterocycles. The Labute approximate surface area is 79.8 Å². The molecule has 4 heteroatoms. The molecule has 0 spiro atoms. The normalized spacial score (nSPS) is 9.69. The van der Waals surface area contributed by atoms with Crippen LogP contribution >= 0.6 is 0 Å². The van der Waals surface area contributed by atoms with Crippen molar-refractivity contribution in [3.63, 3.8) is 0 Å². The van der Waals surface area contributed by atoms with Crippen LogP contribution in [0.4, 0.5) is 0 Å². The number of carbonyl (C=O) groups is 1. The molecule has 1 amide bonds. The van der Waals surface area contributed by atoms with E-state index in [2.05, 4.69) is 12.0 Å². The van der Waals surface area contributed by atoms with E-state index in [4.69, 9.17) is 5.73 Å². The molecule has 0 atom stereocenters. The maximum atomic E-state index is 11.4. The third kappa shape index (κ3) is 5.38. The molecule has 0 aromatic rings. The number of hydrogen-bond acceptors (Lipinski definition) is 3. The minimum Gasteiger partial charge on any atom is -0.330 e. The fourth-order valence-corrected chi connectivity index (χ4v) is 0.949. The summed E-state index contributed by atoms with van der Waals surface area (Å²) < 4.78 is 0. The summed E-state index contributed by atoms with van der Waals surface area (Å²) in [4.78, 5) is 11.4. The summed E-state index contributed by atoms with van der Waals surface area (Å²) in [6, 6.07) is 0. The fraction of sp³-hybridized carbons (Fsp3) is 0.667. The highest BCUT2D eigenvalue weighted by Gasteiger charge is 2.09. The van der Waals surface area contributed by atoms with Crippen LogP contribution in [0.3, 0.4) is 0 Å². The zero-order valence-corrected chi connectivity index (χ0v) is 8.25. The van der Waals surface area contributed by atoms with Gasteiger partial charge in [-0.05, 0) is 6.42 Å². The summed E-state index contributed by atoms with van der Waals surface area (Å²) in [6.07, 6.45) is 3.04. The van der Waals surface area contributed by atoms with Crippen molar-refractivity contribution >= 4 is 5.91 Å². The number of hydrazine groups is 1. The molecule has 0 unspecified atom stereocenters. The molecule has 0 saturated carbocycles. The molecular weight excluding hydrogens is 166 g/mol. The highest BCUT2D eigenvalue weighted by atomic mass is 16.2. The lowest BCUT2D eigenvalue weighted by Gasteiger charge is -2.21. The molecule has 0 aromatic carbocycles. The van der Waals surface area contributed by atoms with Crippen molar-refractivity contribution < 1.29 is 4.79 Å². The van der Waals surface area contributed by atoms with Crippen LogP contribution in [-0.4, -0.2) is 30.6 Å². The van der Waals surface area contributed by atoms with Crippen molar-refractivity contribution in [2.24, 2.45) is 5.73 Å². The second kappa shape index (κ2) is 7.76. The van der Waals surface area contributed by atoms with Crippen LogP contribution < -0.4 is 11.2 Å². The van der Waals surface area contributed by atoms with E-state index in [-0.39, 0.29) is 5.91 Å². The van der Waals surface area contributed by atoms with E-state index >= 15 is 0 Å². The first-order chi connectivity index (χ1) is 6.26. The first-order valence-corrected chi connectivity index (χ1v) is 4.61. The molecule has 13 heavy (non-hydrogen) atoms. The monoisotopic (exact) mass is 185 g/mol. The summed E-state index contributed by atoms with van der Waals surface area (Å²) in [6.45, 7) is 7.32. The lowest BCUT2D eigenvalue weighted by atomic mass is 10.3. The van der Waals surface area contributed by atoms with Gasteiger partial charge in [0.2, 0.25) is 5.91 Å². The predicted octanol–water partition coefficient (Wildman–Crippen LogP) is 0.264. The van der Waals surface area contributed by atoms with Gasteiger partial charge in [-0.15, -0.1) is 6.58 Å². The number of nitrogens with zero attached hydrogens (tertiary/aromatic N) is 1. The number of nitrogens with two attached hydrogens (primary N) is 1. The Morgan fingerprint density at radius 2 is 2.38 bits per heavy atom. The van der Waals surface area contributed by atoms with Crippen molar-refractivity contribution in [2.75, 3.05) is 19.6 Å². The minimum atomic E-state index is 0.0474. The fourth-order valence-electron chi connectivity index (χ4n) is 0.949. The molecule has 0 bridgehead atoms. The van der Waals surface area contributed by atoms with Gasteiger partial charge < -0.3 is 5.73 Å². The molecule has 76 valence electrons. The molecule has 0 rings (SSSR count). The smallest absolute Gasteiger partial charge is 0.237 e. The number of hydrogen-bond donors (Lipinski definition) is 2. The van der Waals surface area contributed by atoms with E-state index in [9.17, 15) is 4.79 Å². The van der Waals surface area contributed by atoms with Crippen molar-refractivity contribution in [3.05, 3.63) is 12.7 Å². The highest BCUT2D eigenvalue weighted by Crippen LogP contribution is 1.91. The zero-order valence-electron chi connectivity index (χ0n) is 8.25. The van der Waals surface area contributed by atoms with Crippen LogP contribution in [0.15, 0.2) is 12.7 Å². The van der Waals surface area contributed by atoms with Gasteiger partial charge in [-0.2, -0.15) is 0 Å². The van der Waals surface area contributed by atoms with Gasteiger partial charge in [0.25, 0.3) is 0 Å². The van der Waals surface area contributed by atoms with E-state index in [1.807, 2.05) is 6.92 Å². The van der Waals surface area contributed by atoms with Crippen LogP contribution in [0, 0.1) is 0 Å². The average molecular weight is 185 g/mol. The maximum absolute atomic E-state index is 11.4. The SMILES string of the molecule is C=CCNN(CCC)C(=O)CCN. The van der Waals surface area contributed by atoms with Crippen LogP contribution in [0.25, 0.3) is 0 Å². The maximum Gasteiger partial charge on any atom is 0.237 e. The lowest BCUT2D eigenvalue weighted by molar-refractivity contribution is -0.134. The molecule has 0 aliphatic carbocycles. The summed E-state index contributed by atoms with van der Waals surface area (Å²) in [5, 5.41) is 1.61. The van der Waals surface area contributed by atoms with E-state index in [1.165, 1.54) is 0 Å². The second-order valence-electron chi connectivity index (χ2n) is 2.73. The van der Waals surface area contributed by atoms with E-state index in [0.717, 1.165) is 6.42 Å². The van der Waals surface area contributed by atoms with Gasteiger partial charge in [0, 0.05) is 26.1 Å². The Morgan fingerprint density at radius 1 is 1.69 bits per heavy atom. The zero-order chi connectivity index (χ0) is 10.1. The molecule has 3 N–H and O–H groups in total. The van der Waals surface area contributed by atoms with Crippen molar-refractivity contribution in [3.8, 4) is 0 Å². The highest BCUT2D eigenvalue weighted by molar-refractivity contribution is 5.75. The van der Waals surface area contributed by atoms with Gasteiger partial charge in [0.1, 0.15) is 0 Å². The van der Waals surface area contributed by atoms with Gasteiger partial charge >= 0.3 is 0 Å². The second-order valence-corrected chi connectivity index (χ2v) is 2.73. The van der Waals surface area contributed by atoms with E-state index < -0.39 is 0 Å². The molecule has 0 heterocycles. The Hall–Kier alpha value is -0.870. The topological polar surface area (TPSA) is 58.4 Å². The van der Waals surface area contributed by atoms with Crippen molar-refractivity contribution in [1.29, 1.82) is 0 Å². The summed E-state index contributed by atoms with van der Waals surface area (Å²) in [5.74, 6) is 0.0474. The number of carbonyl (C=O) groups excluding carboxylic acids is 1. The van der Waals surface area contributed by atoms with Gasteiger partial charge in [0.15, 0.2) is 0 Å². The Bertz CT molecular complexity index is 159. The summed E-state index contributed by atoms with van der Waals surface area (Å²) in [7, 11) is 0. The summed E-state index contributed by atoms with van der Waals surface area (Å²) >= 11 is 0. The van der Waals surface area contributed by atoms with E-state index in [0.29, 0.717) is 26.1 Å². The number of amides is 1. The van der Waals surface area contributed by atoms with Crippen LogP contribution in [-0.2, 0) is 4.79 Å². The summed E-state index contributed by atoms with van der Waals surface area (Å²) in [5.41, 5.74) is 8.26.